The maximum absolute atomic E-state index is 11.7. The highest BCUT2D eigenvalue weighted by Crippen LogP contribution is 2.35. The summed E-state index contributed by atoms with van der Waals surface area (Å²) in [4.78, 5) is 11.7. The quantitative estimate of drug-likeness (QED) is 0.828. The third kappa shape index (κ3) is 1.85. The molecule has 1 heterocycles. The molecule has 0 bridgehead atoms. The van der Waals surface area contributed by atoms with Crippen molar-refractivity contribution in [2.75, 3.05) is 11.9 Å². The van der Waals surface area contributed by atoms with Gasteiger partial charge in [0.2, 0.25) is 5.91 Å². The number of hydrogen-bond acceptors (Lipinski definition) is 2. The summed E-state index contributed by atoms with van der Waals surface area (Å²) in [6.45, 7) is 2.87. The van der Waals surface area contributed by atoms with Crippen LogP contribution in [0, 0.1) is 0 Å². The van der Waals surface area contributed by atoms with E-state index in [1.165, 1.54) is 0 Å². The van der Waals surface area contributed by atoms with Crippen LogP contribution < -0.4 is 10.6 Å². The van der Waals surface area contributed by atoms with Gasteiger partial charge in [-0.1, -0.05) is 24.6 Å². The third-order valence-electron chi connectivity index (χ3n) is 2.46. The molecule has 1 aromatic carbocycles. The maximum Gasteiger partial charge on any atom is 0.246 e. The van der Waals surface area contributed by atoms with Gasteiger partial charge < -0.3 is 10.6 Å². The minimum Gasteiger partial charge on any atom is -0.324 e. The van der Waals surface area contributed by atoms with Gasteiger partial charge in [-0.05, 0) is 25.1 Å². The Bertz CT molecular complexity index is 392. The molecule has 1 aromatic rings. The molecule has 1 atom stereocenters. The fourth-order valence-electron chi connectivity index (χ4n) is 1.76. The summed E-state index contributed by atoms with van der Waals surface area (Å²) in [6, 6.07) is 5.21. The lowest BCUT2D eigenvalue weighted by Crippen LogP contribution is -2.28. The normalized spacial score (nSPS) is 18.8. The third-order valence-corrected chi connectivity index (χ3v) is 2.79. The average molecular weight is 225 g/mol. The summed E-state index contributed by atoms with van der Waals surface area (Å²) in [6.07, 6.45) is 0.990. The van der Waals surface area contributed by atoms with Gasteiger partial charge in [-0.25, -0.2) is 0 Å². The van der Waals surface area contributed by atoms with Crippen molar-refractivity contribution in [3.63, 3.8) is 0 Å². The predicted molar refractivity (Wildman–Crippen MR) is 61.1 cm³/mol. The molecule has 1 aliphatic heterocycles. The van der Waals surface area contributed by atoms with E-state index in [0.717, 1.165) is 24.2 Å². The van der Waals surface area contributed by atoms with Crippen molar-refractivity contribution >= 4 is 23.2 Å². The minimum absolute atomic E-state index is 0.0217. The Morgan fingerprint density at radius 3 is 3.07 bits per heavy atom. The fraction of sp³-hybridized carbons (Fsp3) is 0.364. The molecule has 0 aliphatic carbocycles. The van der Waals surface area contributed by atoms with E-state index >= 15 is 0 Å². The number of fused-ring (bicyclic) bond motifs is 1. The highest BCUT2D eigenvalue weighted by Gasteiger charge is 2.31. The van der Waals surface area contributed by atoms with E-state index in [1.807, 2.05) is 12.1 Å². The van der Waals surface area contributed by atoms with Gasteiger partial charge in [0.25, 0.3) is 0 Å². The lowest BCUT2D eigenvalue weighted by Gasteiger charge is -2.11. The van der Waals surface area contributed by atoms with Crippen LogP contribution in [-0.2, 0) is 4.79 Å². The topological polar surface area (TPSA) is 41.1 Å². The van der Waals surface area contributed by atoms with Crippen molar-refractivity contribution in [1.29, 1.82) is 0 Å². The standard InChI is InChI=1S/C11H13ClN2O/c1-2-6-13-10-9-7(12)4-3-5-8(9)14-11(10)15/h3-5,10,13H,2,6H2,1H3,(H,14,15). The van der Waals surface area contributed by atoms with Gasteiger partial charge in [-0.3, -0.25) is 4.79 Å². The molecule has 80 valence electrons. The van der Waals surface area contributed by atoms with Crippen molar-refractivity contribution in [2.45, 2.75) is 19.4 Å². The van der Waals surface area contributed by atoms with Crippen LogP contribution in [0.1, 0.15) is 24.9 Å². The fourth-order valence-corrected chi connectivity index (χ4v) is 2.04. The van der Waals surface area contributed by atoms with Crippen molar-refractivity contribution in [3.05, 3.63) is 28.8 Å². The second-order valence-corrected chi connectivity index (χ2v) is 3.98. The Balaban J connectivity index is 2.31. The van der Waals surface area contributed by atoms with Gasteiger partial charge in [-0.2, -0.15) is 0 Å². The second kappa shape index (κ2) is 4.21. The summed E-state index contributed by atoms with van der Waals surface area (Å²) in [7, 11) is 0. The predicted octanol–water partition coefficient (Wildman–Crippen LogP) is 2.33. The number of rotatable bonds is 3. The van der Waals surface area contributed by atoms with Crippen LogP contribution in [0.2, 0.25) is 5.02 Å². The first-order valence-corrected chi connectivity index (χ1v) is 5.44. The molecule has 4 heteroatoms. The molecular formula is C11H13ClN2O. The van der Waals surface area contributed by atoms with E-state index in [-0.39, 0.29) is 11.9 Å². The van der Waals surface area contributed by atoms with E-state index in [2.05, 4.69) is 17.6 Å². The van der Waals surface area contributed by atoms with Crippen LogP contribution in [0.15, 0.2) is 18.2 Å². The molecule has 1 unspecified atom stereocenters. The number of amides is 1. The van der Waals surface area contributed by atoms with Gasteiger partial charge in [0, 0.05) is 16.3 Å². The zero-order chi connectivity index (χ0) is 10.8. The number of benzene rings is 1. The molecule has 0 radical (unpaired) electrons. The average Bonchev–Trinajstić information content (AvgIpc) is 2.53. The van der Waals surface area contributed by atoms with E-state index < -0.39 is 0 Å². The van der Waals surface area contributed by atoms with Gasteiger partial charge in [0.05, 0.1) is 0 Å². The number of anilines is 1. The van der Waals surface area contributed by atoms with Crippen LogP contribution in [0.3, 0.4) is 0 Å². The molecule has 3 nitrogen and oxygen atoms in total. The molecular weight excluding hydrogens is 212 g/mol. The number of carbonyl (C=O) groups is 1. The highest BCUT2D eigenvalue weighted by molar-refractivity contribution is 6.32. The minimum atomic E-state index is -0.298. The van der Waals surface area contributed by atoms with E-state index in [0.29, 0.717) is 5.02 Å². The zero-order valence-electron chi connectivity index (χ0n) is 8.51. The second-order valence-electron chi connectivity index (χ2n) is 3.58. The lowest BCUT2D eigenvalue weighted by molar-refractivity contribution is -0.117. The van der Waals surface area contributed by atoms with Gasteiger partial charge in [0.15, 0.2) is 0 Å². The van der Waals surface area contributed by atoms with Crippen molar-refractivity contribution in [3.8, 4) is 0 Å². The molecule has 0 aromatic heterocycles. The Morgan fingerprint density at radius 1 is 1.53 bits per heavy atom. The first kappa shape index (κ1) is 10.5. The highest BCUT2D eigenvalue weighted by atomic mass is 35.5. The lowest BCUT2D eigenvalue weighted by atomic mass is 10.1. The summed E-state index contributed by atoms with van der Waals surface area (Å²) < 4.78 is 0. The van der Waals surface area contributed by atoms with Crippen molar-refractivity contribution in [2.24, 2.45) is 0 Å². The Labute approximate surface area is 93.8 Å². The van der Waals surface area contributed by atoms with E-state index in [1.54, 1.807) is 6.07 Å². The summed E-state index contributed by atoms with van der Waals surface area (Å²) >= 11 is 6.08. The Hall–Kier alpha value is -1.06. The van der Waals surface area contributed by atoms with Crippen LogP contribution >= 0.6 is 11.6 Å². The molecule has 0 saturated carbocycles. The molecule has 15 heavy (non-hydrogen) atoms. The van der Waals surface area contributed by atoms with Crippen LogP contribution in [0.5, 0.6) is 0 Å². The first-order valence-electron chi connectivity index (χ1n) is 5.06. The molecule has 0 fully saturated rings. The van der Waals surface area contributed by atoms with Crippen molar-refractivity contribution < 1.29 is 4.79 Å². The summed E-state index contributed by atoms with van der Waals surface area (Å²) in [5, 5.41) is 6.63. The molecule has 0 saturated heterocycles. The SMILES string of the molecule is CCCNC1C(=O)Nc2cccc(Cl)c21. The van der Waals surface area contributed by atoms with Crippen LogP contribution in [-0.4, -0.2) is 12.5 Å². The van der Waals surface area contributed by atoms with Crippen LogP contribution in [0.4, 0.5) is 5.69 Å². The smallest absolute Gasteiger partial charge is 0.246 e. The Kier molecular flexibility index (Phi) is 2.93. The van der Waals surface area contributed by atoms with Gasteiger partial charge in [0.1, 0.15) is 6.04 Å². The van der Waals surface area contributed by atoms with Crippen LogP contribution in [0.25, 0.3) is 0 Å². The maximum atomic E-state index is 11.7. The number of carbonyl (C=O) groups excluding carboxylic acids is 1. The number of halogens is 1. The molecule has 1 amide bonds. The molecule has 2 N–H and O–H groups in total. The summed E-state index contributed by atoms with van der Waals surface area (Å²) in [5.74, 6) is -0.0217. The Morgan fingerprint density at radius 2 is 2.33 bits per heavy atom. The zero-order valence-corrected chi connectivity index (χ0v) is 9.27. The molecule has 2 rings (SSSR count). The first-order chi connectivity index (χ1) is 7.24. The van der Waals surface area contributed by atoms with Gasteiger partial charge in [-0.15, -0.1) is 0 Å². The van der Waals surface area contributed by atoms with Crippen molar-refractivity contribution in [1.82, 2.24) is 5.32 Å². The summed E-state index contributed by atoms with van der Waals surface area (Å²) in [5.41, 5.74) is 1.69. The number of hydrogen-bond donors (Lipinski definition) is 2. The molecule has 1 aliphatic rings. The monoisotopic (exact) mass is 224 g/mol. The largest absolute Gasteiger partial charge is 0.324 e. The van der Waals surface area contributed by atoms with Gasteiger partial charge >= 0.3 is 0 Å². The number of nitrogens with one attached hydrogen (secondary N) is 2. The van der Waals surface area contributed by atoms with E-state index in [9.17, 15) is 4.79 Å². The van der Waals surface area contributed by atoms with E-state index in [4.69, 9.17) is 11.6 Å². The molecule has 0 spiro atoms.